The maximum Gasteiger partial charge on any atom is 0.270 e. The molecule has 2 aromatic rings. The van der Waals surface area contributed by atoms with Gasteiger partial charge in [-0.05, 0) is 24.3 Å². The molecule has 0 unspecified atom stereocenters. The highest BCUT2D eigenvalue weighted by Crippen LogP contribution is 2.14. The van der Waals surface area contributed by atoms with Crippen molar-refractivity contribution in [1.82, 2.24) is 0 Å². The molecule has 0 aliphatic heterocycles. The van der Waals surface area contributed by atoms with E-state index >= 15 is 0 Å². The smallest absolute Gasteiger partial charge is 0.270 e. The van der Waals surface area contributed by atoms with Crippen molar-refractivity contribution in [1.29, 1.82) is 0 Å². The van der Waals surface area contributed by atoms with Crippen molar-refractivity contribution >= 4 is 29.2 Å². The Balaban J connectivity index is 2.04. The van der Waals surface area contributed by atoms with E-state index in [0.717, 1.165) is 5.69 Å². The molecule has 96 valence electrons. The van der Waals surface area contributed by atoms with Gasteiger partial charge in [0.05, 0.1) is 16.8 Å². The van der Waals surface area contributed by atoms with Crippen LogP contribution >= 0.6 is 11.6 Å². The molecular weight excluding hydrogens is 266 g/mol. The first-order valence-corrected chi connectivity index (χ1v) is 5.82. The van der Waals surface area contributed by atoms with E-state index in [1.54, 1.807) is 36.4 Å². The first-order chi connectivity index (χ1) is 9.15. The fourth-order valence-corrected chi connectivity index (χ4v) is 1.55. The molecule has 0 heterocycles. The molecule has 2 aromatic carbocycles. The SMILES string of the molecule is O=[N+]([O-])c1cccc(/C=N/Nc2ccc(Cl)cc2)c1. The molecule has 19 heavy (non-hydrogen) atoms. The highest BCUT2D eigenvalue weighted by molar-refractivity contribution is 6.30. The Morgan fingerprint density at radius 1 is 1.21 bits per heavy atom. The van der Waals surface area contributed by atoms with Crippen LogP contribution in [0.25, 0.3) is 0 Å². The summed E-state index contributed by atoms with van der Waals surface area (Å²) in [4.78, 5) is 10.2. The Labute approximate surface area is 114 Å². The topological polar surface area (TPSA) is 67.5 Å². The zero-order valence-corrected chi connectivity index (χ0v) is 10.5. The Bertz CT molecular complexity index is 612. The zero-order valence-electron chi connectivity index (χ0n) is 9.79. The van der Waals surface area contributed by atoms with Crippen LogP contribution in [0.1, 0.15) is 5.56 Å². The van der Waals surface area contributed by atoms with Crippen molar-refractivity contribution in [2.45, 2.75) is 0 Å². The lowest BCUT2D eigenvalue weighted by molar-refractivity contribution is -0.384. The summed E-state index contributed by atoms with van der Waals surface area (Å²) >= 11 is 5.76. The Morgan fingerprint density at radius 2 is 1.95 bits per heavy atom. The molecule has 5 nitrogen and oxygen atoms in total. The molecule has 0 saturated heterocycles. The van der Waals surface area contributed by atoms with Gasteiger partial charge in [-0.25, -0.2) is 0 Å². The van der Waals surface area contributed by atoms with E-state index in [1.807, 2.05) is 0 Å². The number of rotatable bonds is 4. The summed E-state index contributed by atoms with van der Waals surface area (Å²) in [6.07, 6.45) is 1.52. The number of nitro groups is 1. The highest BCUT2D eigenvalue weighted by atomic mass is 35.5. The highest BCUT2D eigenvalue weighted by Gasteiger charge is 2.03. The van der Waals surface area contributed by atoms with Crippen molar-refractivity contribution in [3.8, 4) is 0 Å². The Kier molecular flexibility index (Phi) is 4.10. The predicted octanol–water partition coefficient (Wildman–Crippen LogP) is 3.69. The van der Waals surface area contributed by atoms with Gasteiger partial charge in [0.1, 0.15) is 0 Å². The number of halogens is 1. The van der Waals surface area contributed by atoms with Crippen molar-refractivity contribution in [2.24, 2.45) is 5.10 Å². The van der Waals surface area contributed by atoms with Gasteiger partial charge >= 0.3 is 0 Å². The van der Waals surface area contributed by atoms with E-state index in [0.29, 0.717) is 10.6 Å². The first-order valence-electron chi connectivity index (χ1n) is 5.44. The largest absolute Gasteiger partial charge is 0.279 e. The number of benzene rings is 2. The molecule has 0 aliphatic carbocycles. The molecule has 0 saturated carbocycles. The van der Waals surface area contributed by atoms with Crippen molar-refractivity contribution in [2.75, 3.05) is 5.43 Å². The molecule has 0 spiro atoms. The number of hydrogen-bond donors (Lipinski definition) is 1. The number of hydrogen-bond acceptors (Lipinski definition) is 4. The molecule has 0 fully saturated rings. The minimum absolute atomic E-state index is 0.0374. The monoisotopic (exact) mass is 275 g/mol. The molecular formula is C13H10ClN3O2. The molecule has 0 radical (unpaired) electrons. The predicted molar refractivity (Wildman–Crippen MR) is 75.8 cm³/mol. The van der Waals surface area contributed by atoms with Crippen LogP contribution in [0, 0.1) is 10.1 Å². The molecule has 0 aromatic heterocycles. The number of nitro benzene ring substituents is 1. The third kappa shape index (κ3) is 3.79. The van der Waals surface area contributed by atoms with Crippen LogP contribution in [0.3, 0.4) is 0 Å². The minimum Gasteiger partial charge on any atom is -0.279 e. The van der Waals surface area contributed by atoms with Crippen LogP contribution in [-0.4, -0.2) is 11.1 Å². The average molecular weight is 276 g/mol. The summed E-state index contributed by atoms with van der Waals surface area (Å²) in [5.41, 5.74) is 4.28. The lowest BCUT2D eigenvalue weighted by Gasteiger charge is -1.99. The van der Waals surface area contributed by atoms with Gasteiger partial charge in [-0.15, -0.1) is 0 Å². The fraction of sp³-hybridized carbons (Fsp3) is 0. The van der Waals surface area contributed by atoms with E-state index < -0.39 is 4.92 Å². The second kappa shape index (κ2) is 5.97. The van der Waals surface area contributed by atoms with Gasteiger partial charge in [0, 0.05) is 22.7 Å². The summed E-state index contributed by atoms with van der Waals surface area (Å²) in [7, 11) is 0. The molecule has 0 aliphatic rings. The van der Waals surface area contributed by atoms with E-state index in [2.05, 4.69) is 10.5 Å². The maximum atomic E-state index is 10.6. The van der Waals surface area contributed by atoms with E-state index in [9.17, 15) is 10.1 Å². The third-order valence-corrected chi connectivity index (χ3v) is 2.58. The second-order valence-electron chi connectivity index (χ2n) is 3.73. The van der Waals surface area contributed by atoms with Crippen LogP contribution in [0.5, 0.6) is 0 Å². The number of hydrazone groups is 1. The van der Waals surface area contributed by atoms with Crippen LogP contribution in [0.15, 0.2) is 53.6 Å². The summed E-state index contributed by atoms with van der Waals surface area (Å²) in [6, 6.07) is 13.3. The minimum atomic E-state index is -0.441. The summed E-state index contributed by atoms with van der Waals surface area (Å²) in [5.74, 6) is 0. The van der Waals surface area contributed by atoms with Crippen molar-refractivity contribution in [3.63, 3.8) is 0 Å². The van der Waals surface area contributed by atoms with Crippen LogP contribution in [0.4, 0.5) is 11.4 Å². The van der Waals surface area contributed by atoms with Crippen molar-refractivity contribution in [3.05, 3.63) is 69.2 Å². The summed E-state index contributed by atoms with van der Waals surface area (Å²) in [6.45, 7) is 0. The van der Waals surface area contributed by atoms with E-state index in [-0.39, 0.29) is 5.69 Å². The summed E-state index contributed by atoms with van der Waals surface area (Å²) < 4.78 is 0. The van der Waals surface area contributed by atoms with Crippen molar-refractivity contribution < 1.29 is 4.92 Å². The lowest BCUT2D eigenvalue weighted by Crippen LogP contribution is -1.92. The van der Waals surface area contributed by atoms with Gasteiger partial charge in [0.25, 0.3) is 5.69 Å². The number of anilines is 1. The second-order valence-corrected chi connectivity index (χ2v) is 4.17. The quantitative estimate of drug-likeness (QED) is 0.525. The van der Waals surface area contributed by atoms with E-state index in [4.69, 9.17) is 11.6 Å². The third-order valence-electron chi connectivity index (χ3n) is 2.33. The van der Waals surface area contributed by atoms with Crippen LogP contribution in [0.2, 0.25) is 5.02 Å². The number of nitrogens with zero attached hydrogens (tertiary/aromatic N) is 2. The van der Waals surface area contributed by atoms with E-state index in [1.165, 1.54) is 18.3 Å². The average Bonchev–Trinajstić information content (AvgIpc) is 2.41. The normalized spacial score (nSPS) is 10.6. The van der Waals surface area contributed by atoms with Gasteiger partial charge in [-0.3, -0.25) is 15.5 Å². The maximum absolute atomic E-state index is 10.6. The molecule has 1 N–H and O–H groups in total. The van der Waals surface area contributed by atoms with Gasteiger partial charge in [0.15, 0.2) is 0 Å². The van der Waals surface area contributed by atoms with Gasteiger partial charge in [-0.1, -0.05) is 23.7 Å². The molecule has 2 rings (SSSR count). The zero-order chi connectivity index (χ0) is 13.7. The molecule has 0 amide bonds. The Morgan fingerprint density at radius 3 is 2.63 bits per heavy atom. The molecule has 6 heteroatoms. The number of nitrogens with one attached hydrogen (secondary N) is 1. The van der Waals surface area contributed by atoms with Crippen LogP contribution in [-0.2, 0) is 0 Å². The number of non-ortho nitro benzene ring substituents is 1. The van der Waals surface area contributed by atoms with Gasteiger partial charge < -0.3 is 0 Å². The fourth-order valence-electron chi connectivity index (χ4n) is 1.42. The first kappa shape index (κ1) is 13.0. The lowest BCUT2D eigenvalue weighted by atomic mass is 10.2. The molecule has 0 atom stereocenters. The molecule has 0 bridgehead atoms. The Hall–Kier alpha value is -2.40. The van der Waals surface area contributed by atoms with Gasteiger partial charge in [-0.2, -0.15) is 5.10 Å². The van der Waals surface area contributed by atoms with Gasteiger partial charge in [0.2, 0.25) is 0 Å². The summed E-state index contributed by atoms with van der Waals surface area (Å²) in [5, 5.41) is 15.3. The standard InChI is InChI=1S/C13H10ClN3O2/c14-11-4-6-12(7-5-11)16-15-9-10-2-1-3-13(8-10)17(18)19/h1-9,16H/b15-9+. The van der Waals surface area contributed by atoms with Crippen LogP contribution < -0.4 is 5.43 Å².